The van der Waals surface area contributed by atoms with Gasteiger partial charge in [-0.25, -0.2) is 0 Å². The molecule has 108 valence electrons. The monoisotopic (exact) mass is 264 g/mol. The molecule has 1 rings (SSSR count). The number of rotatable bonds is 8. The van der Waals surface area contributed by atoms with E-state index in [1.165, 1.54) is 11.1 Å². The van der Waals surface area contributed by atoms with Crippen LogP contribution in [0, 0.1) is 6.92 Å². The van der Waals surface area contributed by atoms with Crippen molar-refractivity contribution in [1.82, 2.24) is 10.3 Å². The molecule has 3 heteroatoms. The van der Waals surface area contributed by atoms with Gasteiger partial charge in [0.05, 0.1) is 5.60 Å². The Balaban J connectivity index is 2.71. The summed E-state index contributed by atoms with van der Waals surface area (Å²) in [6, 6.07) is 2.59. The summed E-state index contributed by atoms with van der Waals surface area (Å²) >= 11 is 0. The zero-order valence-electron chi connectivity index (χ0n) is 13.0. The Hall–Kier alpha value is -0.930. The highest BCUT2D eigenvalue weighted by Crippen LogP contribution is 2.24. The van der Waals surface area contributed by atoms with Crippen LogP contribution >= 0.6 is 0 Å². The third-order valence-corrected chi connectivity index (χ3v) is 3.53. The van der Waals surface area contributed by atoms with Crippen LogP contribution in [0.1, 0.15) is 57.2 Å². The first-order valence-electron chi connectivity index (χ1n) is 7.18. The second kappa shape index (κ2) is 7.61. The van der Waals surface area contributed by atoms with E-state index in [0.717, 1.165) is 25.8 Å². The average molecular weight is 264 g/mol. The second-order valence-corrected chi connectivity index (χ2v) is 5.80. The van der Waals surface area contributed by atoms with E-state index >= 15 is 0 Å². The van der Waals surface area contributed by atoms with E-state index in [1.54, 1.807) is 7.11 Å². The number of pyridine rings is 1. The summed E-state index contributed by atoms with van der Waals surface area (Å²) in [7, 11) is 1.78. The van der Waals surface area contributed by atoms with Gasteiger partial charge in [0.15, 0.2) is 0 Å². The number of hydrogen-bond acceptors (Lipinski definition) is 3. The van der Waals surface area contributed by atoms with Gasteiger partial charge in [0.1, 0.15) is 0 Å². The van der Waals surface area contributed by atoms with Gasteiger partial charge in [-0.15, -0.1) is 0 Å². The highest BCUT2D eigenvalue weighted by molar-refractivity contribution is 5.20. The summed E-state index contributed by atoms with van der Waals surface area (Å²) in [4.78, 5) is 4.31. The van der Waals surface area contributed by atoms with E-state index in [0.29, 0.717) is 6.04 Å². The van der Waals surface area contributed by atoms with Crippen molar-refractivity contribution >= 4 is 0 Å². The Labute approximate surface area is 117 Å². The number of ether oxygens (including phenoxy) is 1. The molecule has 1 atom stereocenters. The molecule has 0 saturated carbocycles. The van der Waals surface area contributed by atoms with Crippen molar-refractivity contribution in [2.24, 2.45) is 0 Å². The van der Waals surface area contributed by atoms with E-state index in [9.17, 15) is 0 Å². The summed E-state index contributed by atoms with van der Waals surface area (Å²) < 4.78 is 5.51. The fourth-order valence-corrected chi connectivity index (χ4v) is 2.07. The molecule has 0 amide bonds. The van der Waals surface area contributed by atoms with Crippen LogP contribution in [0.3, 0.4) is 0 Å². The molecule has 1 unspecified atom stereocenters. The molecule has 0 radical (unpaired) electrons. The molecule has 1 heterocycles. The van der Waals surface area contributed by atoms with Crippen molar-refractivity contribution in [2.75, 3.05) is 13.7 Å². The minimum Gasteiger partial charge on any atom is -0.379 e. The van der Waals surface area contributed by atoms with Crippen molar-refractivity contribution < 1.29 is 4.74 Å². The lowest BCUT2D eigenvalue weighted by Gasteiger charge is -2.26. The van der Waals surface area contributed by atoms with E-state index in [4.69, 9.17) is 4.74 Å². The maximum Gasteiger partial charge on any atom is 0.0623 e. The fraction of sp³-hybridized carbons (Fsp3) is 0.688. The second-order valence-electron chi connectivity index (χ2n) is 5.80. The molecule has 0 aliphatic carbocycles. The van der Waals surface area contributed by atoms with Crippen molar-refractivity contribution in [2.45, 2.75) is 58.6 Å². The van der Waals surface area contributed by atoms with Gasteiger partial charge in [-0.2, -0.15) is 0 Å². The zero-order valence-corrected chi connectivity index (χ0v) is 13.0. The van der Waals surface area contributed by atoms with Crippen molar-refractivity contribution in [3.05, 3.63) is 29.6 Å². The summed E-state index contributed by atoms with van der Waals surface area (Å²) in [6.45, 7) is 9.59. The number of hydrogen-bond donors (Lipinski definition) is 1. The predicted octanol–water partition coefficient (Wildman–Crippen LogP) is 3.64. The van der Waals surface area contributed by atoms with E-state index in [1.807, 2.05) is 12.4 Å². The van der Waals surface area contributed by atoms with Gasteiger partial charge >= 0.3 is 0 Å². The molecule has 0 saturated heterocycles. The third-order valence-electron chi connectivity index (χ3n) is 3.53. The SMILES string of the molecule is CCCNC(CCC(C)(C)OC)c1cncc(C)c1. The Morgan fingerprint density at radius 1 is 1.37 bits per heavy atom. The van der Waals surface area contributed by atoms with Crippen LogP contribution in [0.4, 0.5) is 0 Å². The highest BCUT2D eigenvalue weighted by Gasteiger charge is 2.20. The lowest BCUT2D eigenvalue weighted by molar-refractivity contribution is 0.0116. The van der Waals surface area contributed by atoms with Gasteiger partial charge in [0.25, 0.3) is 0 Å². The predicted molar refractivity (Wildman–Crippen MR) is 80.3 cm³/mol. The topological polar surface area (TPSA) is 34.1 Å². The lowest BCUT2D eigenvalue weighted by atomic mass is 9.95. The number of nitrogens with one attached hydrogen (secondary N) is 1. The first-order valence-corrected chi connectivity index (χ1v) is 7.18. The normalized spacial score (nSPS) is 13.5. The molecular formula is C16H28N2O. The molecule has 1 aromatic rings. The minimum atomic E-state index is -0.0661. The van der Waals surface area contributed by atoms with Crippen LogP contribution in [-0.4, -0.2) is 24.2 Å². The number of nitrogens with zero attached hydrogens (tertiary/aromatic N) is 1. The highest BCUT2D eigenvalue weighted by atomic mass is 16.5. The Morgan fingerprint density at radius 2 is 2.11 bits per heavy atom. The molecule has 0 aromatic carbocycles. The minimum absolute atomic E-state index is 0.0661. The van der Waals surface area contributed by atoms with Gasteiger partial charge in [-0.1, -0.05) is 13.0 Å². The summed E-state index contributed by atoms with van der Waals surface area (Å²) in [5.74, 6) is 0. The number of aryl methyl sites for hydroxylation is 1. The lowest BCUT2D eigenvalue weighted by Crippen LogP contribution is -2.28. The van der Waals surface area contributed by atoms with Gasteiger partial charge in [-0.05, 0) is 57.7 Å². The van der Waals surface area contributed by atoms with Crippen LogP contribution in [0.2, 0.25) is 0 Å². The average Bonchev–Trinajstić information content (AvgIpc) is 2.39. The molecule has 19 heavy (non-hydrogen) atoms. The van der Waals surface area contributed by atoms with Crippen molar-refractivity contribution in [3.63, 3.8) is 0 Å². The first kappa shape index (κ1) is 16.1. The van der Waals surface area contributed by atoms with Gasteiger partial charge < -0.3 is 10.1 Å². The van der Waals surface area contributed by atoms with Crippen LogP contribution in [0.5, 0.6) is 0 Å². The molecule has 0 spiro atoms. The summed E-state index contributed by atoms with van der Waals surface area (Å²) in [5, 5.41) is 3.61. The van der Waals surface area contributed by atoms with E-state index < -0.39 is 0 Å². The molecule has 0 bridgehead atoms. The maximum atomic E-state index is 5.51. The van der Waals surface area contributed by atoms with Crippen LogP contribution in [-0.2, 0) is 4.74 Å². The van der Waals surface area contributed by atoms with Crippen molar-refractivity contribution in [1.29, 1.82) is 0 Å². The smallest absolute Gasteiger partial charge is 0.0623 e. The molecular weight excluding hydrogens is 236 g/mol. The van der Waals surface area contributed by atoms with Crippen LogP contribution in [0.15, 0.2) is 18.5 Å². The Kier molecular flexibility index (Phi) is 6.46. The molecule has 0 aliphatic rings. The van der Waals surface area contributed by atoms with Gasteiger partial charge in [0.2, 0.25) is 0 Å². The summed E-state index contributed by atoms with van der Waals surface area (Å²) in [6.07, 6.45) is 7.10. The van der Waals surface area contributed by atoms with Gasteiger partial charge in [0, 0.05) is 25.5 Å². The standard InChI is InChI=1S/C16H28N2O/c1-6-9-18-15(7-8-16(3,4)19-5)14-10-13(2)11-17-12-14/h10-12,15,18H,6-9H2,1-5H3. The van der Waals surface area contributed by atoms with Crippen LogP contribution in [0.25, 0.3) is 0 Å². The molecule has 3 nitrogen and oxygen atoms in total. The Bertz CT molecular complexity index is 377. The maximum absolute atomic E-state index is 5.51. The van der Waals surface area contributed by atoms with Crippen molar-refractivity contribution in [3.8, 4) is 0 Å². The Morgan fingerprint density at radius 3 is 2.68 bits per heavy atom. The number of aromatic nitrogens is 1. The quantitative estimate of drug-likeness (QED) is 0.778. The molecule has 1 N–H and O–H groups in total. The molecule has 0 fully saturated rings. The van der Waals surface area contributed by atoms with E-state index in [2.05, 4.69) is 44.1 Å². The molecule has 1 aromatic heterocycles. The van der Waals surface area contributed by atoms with Gasteiger partial charge in [-0.3, -0.25) is 4.98 Å². The first-order chi connectivity index (χ1) is 8.98. The largest absolute Gasteiger partial charge is 0.379 e. The third kappa shape index (κ3) is 5.70. The number of methoxy groups -OCH3 is 1. The van der Waals surface area contributed by atoms with Crippen LogP contribution < -0.4 is 5.32 Å². The van der Waals surface area contributed by atoms with E-state index in [-0.39, 0.29) is 5.60 Å². The fourth-order valence-electron chi connectivity index (χ4n) is 2.07. The summed E-state index contributed by atoms with van der Waals surface area (Å²) in [5.41, 5.74) is 2.43. The molecule has 0 aliphatic heterocycles. The zero-order chi connectivity index (χ0) is 14.3.